The maximum absolute atomic E-state index is 5.39. The molecule has 1 aromatic rings. The highest BCUT2D eigenvalue weighted by atomic mass is 31.1. The smallest absolute Gasteiger partial charge is 0.133 e. The monoisotopic (exact) mass is 258 g/mol. The number of hydrogen-bond acceptors (Lipinski definition) is 3. The van der Waals surface area contributed by atoms with Crippen LogP contribution in [0.1, 0.15) is 6.42 Å². The van der Waals surface area contributed by atoms with E-state index in [1.54, 1.807) is 21.3 Å². The lowest BCUT2D eigenvalue weighted by atomic mass is 10.3. The molecule has 0 aliphatic rings. The molecule has 1 aromatic carbocycles. The fourth-order valence-electron chi connectivity index (χ4n) is 1.52. The van der Waals surface area contributed by atoms with Gasteiger partial charge in [0.1, 0.15) is 17.2 Å². The predicted octanol–water partition coefficient (Wildman–Crippen LogP) is 0.648. The van der Waals surface area contributed by atoms with Crippen molar-refractivity contribution in [2.24, 2.45) is 0 Å². The predicted molar refractivity (Wildman–Crippen MR) is 71.3 cm³/mol. The number of rotatable bonds is 7. The fourth-order valence-corrected chi connectivity index (χ4v) is 2.89. The maximum Gasteiger partial charge on any atom is 0.133 e. The summed E-state index contributed by atoms with van der Waals surface area (Å²) >= 11 is 0. The van der Waals surface area contributed by atoms with Gasteiger partial charge in [-0.15, -0.1) is 0 Å². The minimum absolute atomic E-state index is 0.675. The molecule has 1 unspecified atom stereocenters. The third kappa shape index (κ3) is 3.76. The minimum atomic E-state index is 0.675. The Bertz CT molecular complexity index is 333. The van der Waals surface area contributed by atoms with Gasteiger partial charge in [-0.25, -0.2) is 0 Å². The Morgan fingerprint density at radius 1 is 1.06 bits per heavy atom. The second kappa shape index (κ2) is 7.36. The molecular formula is C12H21NO3P+. The zero-order chi connectivity index (χ0) is 12.7. The van der Waals surface area contributed by atoms with Crippen LogP contribution in [0.25, 0.3) is 0 Å². The number of quaternary nitrogens is 1. The second-order valence-electron chi connectivity index (χ2n) is 3.54. The third-order valence-electron chi connectivity index (χ3n) is 2.44. The minimum Gasteiger partial charge on any atom is -0.496 e. The molecule has 0 bridgehead atoms. The van der Waals surface area contributed by atoms with E-state index in [1.165, 1.54) is 0 Å². The lowest BCUT2D eigenvalue weighted by molar-refractivity contribution is -0.367. The van der Waals surface area contributed by atoms with Crippen LogP contribution >= 0.6 is 8.58 Å². The third-order valence-corrected chi connectivity index (χ3v) is 3.89. The fraction of sp³-hybridized carbons (Fsp3) is 0.500. The second-order valence-corrected chi connectivity index (χ2v) is 4.89. The van der Waals surface area contributed by atoms with Gasteiger partial charge in [0.05, 0.1) is 33.2 Å². The van der Waals surface area contributed by atoms with Gasteiger partial charge < -0.3 is 19.9 Å². The molecule has 0 amide bonds. The topological polar surface area (TPSA) is 55.3 Å². The van der Waals surface area contributed by atoms with Crippen LogP contribution in [0.2, 0.25) is 0 Å². The van der Waals surface area contributed by atoms with E-state index in [2.05, 4.69) is 5.73 Å². The Kier molecular flexibility index (Phi) is 6.09. The van der Waals surface area contributed by atoms with Gasteiger partial charge >= 0.3 is 0 Å². The molecule has 0 saturated carbocycles. The summed E-state index contributed by atoms with van der Waals surface area (Å²) in [6.07, 6.45) is 2.24. The van der Waals surface area contributed by atoms with Gasteiger partial charge in [-0.05, 0) is 6.16 Å². The molecule has 1 rings (SSSR count). The summed E-state index contributed by atoms with van der Waals surface area (Å²) in [4.78, 5) is 0. The zero-order valence-electron chi connectivity index (χ0n) is 10.7. The number of hydrogen-bond donors (Lipinski definition) is 1. The van der Waals surface area contributed by atoms with E-state index >= 15 is 0 Å². The van der Waals surface area contributed by atoms with E-state index in [0.29, 0.717) is 8.58 Å². The molecule has 4 nitrogen and oxygen atoms in total. The van der Waals surface area contributed by atoms with Gasteiger partial charge in [-0.3, -0.25) is 0 Å². The summed E-state index contributed by atoms with van der Waals surface area (Å²) in [5.41, 5.74) is 3.85. The molecule has 17 heavy (non-hydrogen) atoms. The highest BCUT2D eigenvalue weighted by Gasteiger charge is 2.12. The summed E-state index contributed by atoms with van der Waals surface area (Å²) in [6, 6.07) is 3.80. The van der Waals surface area contributed by atoms with Crippen molar-refractivity contribution in [2.45, 2.75) is 6.42 Å². The first kappa shape index (κ1) is 14.1. The van der Waals surface area contributed by atoms with Crippen LogP contribution < -0.4 is 25.2 Å². The highest BCUT2D eigenvalue weighted by molar-refractivity contribution is 7.47. The summed E-state index contributed by atoms with van der Waals surface area (Å²) < 4.78 is 16.0. The van der Waals surface area contributed by atoms with Crippen molar-refractivity contribution in [3.63, 3.8) is 0 Å². The summed E-state index contributed by atoms with van der Waals surface area (Å²) in [5, 5.41) is 1.13. The Labute approximate surface area is 104 Å². The van der Waals surface area contributed by atoms with Gasteiger partial charge in [0, 0.05) is 18.6 Å². The van der Waals surface area contributed by atoms with Crippen LogP contribution in [0.4, 0.5) is 0 Å². The van der Waals surface area contributed by atoms with Crippen molar-refractivity contribution < 1.29 is 19.9 Å². The van der Waals surface area contributed by atoms with E-state index < -0.39 is 0 Å². The lowest BCUT2D eigenvalue weighted by Crippen LogP contribution is -2.50. The molecule has 0 radical (unpaired) electrons. The van der Waals surface area contributed by atoms with E-state index in [9.17, 15) is 0 Å². The quantitative estimate of drug-likeness (QED) is 0.577. The Morgan fingerprint density at radius 3 is 2.06 bits per heavy atom. The van der Waals surface area contributed by atoms with Crippen LogP contribution in [-0.2, 0) is 0 Å². The first-order chi connectivity index (χ1) is 8.26. The summed E-state index contributed by atoms with van der Waals surface area (Å²) in [6.45, 7) is 0.966. The van der Waals surface area contributed by atoms with Crippen LogP contribution in [0, 0.1) is 0 Å². The SMILES string of the molecule is COc1cc(OC)c(PCCC[NH3+])c(OC)c1. The van der Waals surface area contributed by atoms with Crippen LogP contribution in [0.3, 0.4) is 0 Å². The van der Waals surface area contributed by atoms with Crippen molar-refractivity contribution in [1.82, 2.24) is 0 Å². The average molecular weight is 258 g/mol. The Balaban J connectivity index is 2.98. The van der Waals surface area contributed by atoms with Crippen LogP contribution in [0.15, 0.2) is 12.1 Å². The van der Waals surface area contributed by atoms with Crippen molar-refractivity contribution in [3.8, 4) is 17.2 Å². The maximum atomic E-state index is 5.39. The van der Waals surface area contributed by atoms with Crippen LogP contribution in [-0.4, -0.2) is 34.0 Å². The first-order valence-corrected chi connectivity index (χ1v) is 6.80. The molecule has 0 heterocycles. The standard InChI is InChI=1S/C12H20NO3P/c1-14-9-7-10(15-2)12(11(8-9)16-3)17-6-4-5-13/h7-8,17H,4-6,13H2,1-3H3/p+1. The van der Waals surface area contributed by atoms with Crippen molar-refractivity contribution in [3.05, 3.63) is 12.1 Å². The van der Waals surface area contributed by atoms with E-state index in [-0.39, 0.29) is 0 Å². The van der Waals surface area contributed by atoms with E-state index in [4.69, 9.17) is 14.2 Å². The zero-order valence-corrected chi connectivity index (χ0v) is 11.7. The van der Waals surface area contributed by atoms with Gasteiger partial charge in [-0.2, -0.15) is 0 Å². The number of ether oxygens (including phenoxy) is 3. The highest BCUT2D eigenvalue weighted by Crippen LogP contribution is 2.32. The average Bonchev–Trinajstić information content (AvgIpc) is 2.38. The Morgan fingerprint density at radius 2 is 1.65 bits per heavy atom. The Hall–Kier alpha value is -0.990. The van der Waals surface area contributed by atoms with Crippen molar-refractivity contribution in [2.75, 3.05) is 34.0 Å². The first-order valence-electron chi connectivity index (χ1n) is 5.60. The molecule has 0 saturated heterocycles. The van der Waals surface area contributed by atoms with Crippen molar-refractivity contribution >= 4 is 13.9 Å². The molecular weight excluding hydrogens is 237 g/mol. The number of methoxy groups -OCH3 is 3. The van der Waals surface area contributed by atoms with E-state index in [1.807, 2.05) is 12.1 Å². The largest absolute Gasteiger partial charge is 0.496 e. The molecule has 96 valence electrons. The molecule has 0 fully saturated rings. The molecule has 5 heteroatoms. The summed E-state index contributed by atoms with van der Waals surface area (Å²) in [5.74, 6) is 2.43. The van der Waals surface area contributed by atoms with Gasteiger partial charge in [0.15, 0.2) is 0 Å². The summed E-state index contributed by atoms with van der Waals surface area (Å²) in [7, 11) is 5.65. The molecule has 0 aromatic heterocycles. The molecule has 0 aliphatic carbocycles. The lowest BCUT2D eigenvalue weighted by Gasteiger charge is -2.14. The van der Waals surface area contributed by atoms with Crippen molar-refractivity contribution in [1.29, 1.82) is 0 Å². The van der Waals surface area contributed by atoms with Gasteiger partial charge in [-0.1, -0.05) is 8.58 Å². The molecule has 0 aliphatic heterocycles. The van der Waals surface area contributed by atoms with Gasteiger partial charge in [0.2, 0.25) is 0 Å². The van der Waals surface area contributed by atoms with Crippen LogP contribution in [0.5, 0.6) is 17.2 Å². The normalized spacial score (nSPS) is 10.8. The van der Waals surface area contributed by atoms with Gasteiger partial charge in [0.25, 0.3) is 0 Å². The number of benzene rings is 1. The molecule has 3 N–H and O–H groups in total. The van der Waals surface area contributed by atoms with E-state index in [0.717, 1.165) is 41.7 Å². The molecule has 1 atom stereocenters. The molecule has 0 spiro atoms.